The zero-order valence-corrected chi connectivity index (χ0v) is 8.57. The van der Waals surface area contributed by atoms with Crippen LogP contribution < -0.4 is 5.73 Å². The van der Waals surface area contributed by atoms with Crippen molar-refractivity contribution >= 4 is 10.9 Å². The molecule has 0 bridgehead atoms. The number of hydrogen-bond acceptors (Lipinski definition) is 3. The van der Waals surface area contributed by atoms with Crippen molar-refractivity contribution in [1.29, 1.82) is 0 Å². The summed E-state index contributed by atoms with van der Waals surface area (Å²) in [5.74, 6) is 1.69. The summed E-state index contributed by atoms with van der Waals surface area (Å²) in [5.41, 5.74) is 7.79. The fraction of sp³-hybridized carbons (Fsp3) is 0.417. The van der Waals surface area contributed by atoms with Gasteiger partial charge in [-0.1, -0.05) is 11.2 Å². The second-order valence-electron chi connectivity index (χ2n) is 4.21. The fourth-order valence-electron chi connectivity index (χ4n) is 1.97. The van der Waals surface area contributed by atoms with Crippen LogP contribution in [0.25, 0.3) is 10.9 Å². The molecule has 3 nitrogen and oxygen atoms in total. The summed E-state index contributed by atoms with van der Waals surface area (Å²) in [7, 11) is 0. The molecule has 1 heterocycles. The average molecular weight is 202 g/mol. The molecule has 3 heteroatoms. The van der Waals surface area contributed by atoms with Gasteiger partial charge >= 0.3 is 0 Å². The van der Waals surface area contributed by atoms with E-state index in [-0.39, 0.29) is 0 Å². The predicted octanol–water partition coefficient (Wildman–Crippen LogP) is 2.21. The maximum absolute atomic E-state index is 5.55. The highest BCUT2D eigenvalue weighted by Gasteiger charge is 2.29. The van der Waals surface area contributed by atoms with Gasteiger partial charge in [0.25, 0.3) is 0 Å². The van der Waals surface area contributed by atoms with Gasteiger partial charge in [-0.05, 0) is 43.5 Å². The molecule has 3 rings (SSSR count). The van der Waals surface area contributed by atoms with Gasteiger partial charge in [0.15, 0.2) is 0 Å². The van der Waals surface area contributed by atoms with Crippen LogP contribution in [0.2, 0.25) is 0 Å². The summed E-state index contributed by atoms with van der Waals surface area (Å²) in [4.78, 5) is 0. The second kappa shape index (κ2) is 3.35. The quantitative estimate of drug-likeness (QED) is 0.830. The molecule has 0 radical (unpaired) electrons. The first-order valence-electron chi connectivity index (χ1n) is 5.47. The normalized spacial score (nSPS) is 16.1. The summed E-state index contributed by atoms with van der Waals surface area (Å²) in [6, 6.07) is 6.27. The van der Waals surface area contributed by atoms with E-state index in [1.54, 1.807) is 0 Å². The minimum atomic E-state index is 0.614. The first-order chi connectivity index (χ1) is 7.38. The number of fused-ring (bicyclic) bond motifs is 1. The molecule has 78 valence electrons. The maximum atomic E-state index is 5.55. The van der Waals surface area contributed by atoms with Crippen LogP contribution >= 0.6 is 0 Å². The first-order valence-corrected chi connectivity index (χ1v) is 5.47. The Morgan fingerprint density at radius 1 is 1.40 bits per heavy atom. The number of hydrogen-bond donors (Lipinski definition) is 1. The van der Waals surface area contributed by atoms with E-state index in [1.165, 1.54) is 23.8 Å². The largest absolute Gasteiger partial charge is 0.360 e. The van der Waals surface area contributed by atoms with Crippen molar-refractivity contribution in [2.75, 3.05) is 6.54 Å². The number of nitrogens with zero attached hydrogens (tertiary/aromatic N) is 1. The summed E-state index contributed by atoms with van der Waals surface area (Å²) < 4.78 is 5.39. The molecule has 1 aromatic heterocycles. The summed E-state index contributed by atoms with van der Waals surface area (Å²) in [5, 5.41) is 5.26. The lowest BCUT2D eigenvalue weighted by Gasteiger charge is -1.98. The average Bonchev–Trinajstić information content (AvgIpc) is 3.00. The lowest BCUT2D eigenvalue weighted by molar-refractivity contribution is 0.392. The van der Waals surface area contributed by atoms with Crippen LogP contribution in [0.5, 0.6) is 0 Å². The Kier molecular flexibility index (Phi) is 1.99. The highest BCUT2D eigenvalue weighted by molar-refractivity contribution is 5.82. The molecule has 0 spiro atoms. The zero-order valence-electron chi connectivity index (χ0n) is 8.57. The van der Waals surface area contributed by atoms with Crippen molar-refractivity contribution < 1.29 is 4.52 Å². The van der Waals surface area contributed by atoms with Crippen LogP contribution in [0.1, 0.15) is 30.1 Å². The van der Waals surface area contributed by atoms with E-state index in [0.29, 0.717) is 12.5 Å². The molecule has 2 N–H and O–H groups in total. The van der Waals surface area contributed by atoms with Crippen LogP contribution in [-0.4, -0.2) is 11.7 Å². The zero-order chi connectivity index (χ0) is 10.3. The van der Waals surface area contributed by atoms with Crippen molar-refractivity contribution in [3.8, 4) is 0 Å². The monoisotopic (exact) mass is 202 g/mol. The van der Waals surface area contributed by atoms with Gasteiger partial charge in [0.05, 0.1) is 0 Å². The molecule has 1 fully saturated rings. The summed E-state index contributed by atoms with van der Waals surface area (Å²) in [6.07, 6.45) is 3.40. The van der Waals surface area contributed by atoms with E-state index < -0.39 is 0 Å². The smallest absolute Gasteiger partial charge is 0.147 e. The third-order valence-corrected chi connectivity index (χ3v) is 2.95. The van der Waals surface area contributed by atoms with Gasteiger partial charge in [-0.25, -0.2) is 0 Å². The van der Waals surface area contributed by atoms with Gasteiger partial charge in [-0.2, -0.15) is 0 Å². The molecule has 15 heavy (non-hydrogen) atoms. The van der Waals surface area contributed by atoms with E-state index in [1.807, 2.05) is 6.07 Å². The lowest BCUT2D eigenvalue weighted by Crippen LogP contribution is -2.02. The Balaban J connectivity index is 2.09. The molecule has 1 aromatic carbocycles. The van der Waals surface area contributed by atoms with Gasteiger partial charge in [0.2, 0.25) is 0 Å². The van der Waals surface area contributed by atoms with Crippen molar-refractivity contribution in [3.05, 3.63) is 29.5 Å². The standard InChI is InChI=1S/C12H14N2O/c13-6-5-8-1-4-11-10(7-8)12(15-14-11)9-2-3-9/h1,4,7,9H,2-3,5-6,13H2. The number of nitrogens with two attached hydrogens (primary N) is 1. The SMILES string of the molecule is NCCc1ccc2noc(C3CC3)c2c1. The Morgan fingerprint density at radius 3 is 3.00 bits per heavy atom. The molecule has 1 aliphatic carbocycles. The Hall–Kier alpha value is -1.35. The van der Waals surface area contributed by atoms with Crippen molar-refractivity contribution in [1.82, 2.24) is 5.16 Å². The Labute approximate surface area is 88.2 Å². The van der Waals surface area contributed by atoms with Crippen molar-refractivity contribution in [2.24, 2.45) is 5.73 Å². The van der Waals surface area contributed by atoms with Crippen LogP contribution in [0, 0.1) is 0 Å². The minimum Gasteiger partial charge on any atom is -0.360 e. The molecule has 0 aliphatic heterocycles. The molecular weight excluding hydrogens is 188 g/mol. The van der Waals surface area contributed by atoms with Crippen molar-refractivity contribution in [3.63, 3.8) is 0 Å². The second-order valence-corrected chi connectivity index (χ2v) is 4.21. The minimum absolute atomic E-state index is 0.614. The molecule has 0 saturated heterocycles. The van der Waals surface area contributed by atoms with Crippen LogP contribution in [0.3, 0.4) is 0 Å². The van der Waals surface area contributed by atoms with Crippen LogP contribution in [-0.2, 0) is 6.42 Å². The van der Waals surface area contributed by atoms with E-state index in [9.17, 15) is 0 Å². The van der Waals surface area contributed by atoms with E-state index >= 15 is 0 Å². The Morgan fingerprint density at radius 2 is 2.27 bits per heavy atom. The molecule has 1 saturated carbocycles. The number of benzene rings is 1. The molecular formula is C12H14N2O. The first kappa shape index (κ1) is 8.92. The highest BCUT2D eigenvalue weighted by Crippen LogP contribution is 2.43. The highest BCUT2D eigenvalue weighted by atomic mass is 16.5. The van der Waals surface area contributed by atoms with Crippen molar-refractivity contribution in [2.45, 2.75) is 25.2 Å². The van der Waals surface area contributed by atoms with Gasteiger partial charge in [0, 0.05) is 11.3 Å². The third-order valence-electron chi connectivity index (χ3n) is 2.95. The predicted molar refractivity (Wildman–Crippen MR) is 58.7 cm³/mol. The molecule has 0 atom stereocenters. The molecule has 0 amide bonds. The number of rotatable bonds is 3. The molecule has 2 aromatic rings. The fourth-order valence-corrected chi connectivity index (χ4v) is 1.97. The topological polar surface area (TPSA) is 52.0 Å². The van der Waals surface area contributed by atoms with E-state index in [2.05, 4.69) is 17.3 Å². The van der Waals surface area contributed by atoms with Crippen LogP contribution in [0.4, 0.5) is 0 Å². The van der Waals surface area contributed by atoms with Crippen LogP contribution in [0.15, 0.2) is 22.7 Å². The summed E-state index contributed by atoms with van der Waals surface area (Å²) in [6.45, 7) is 0.690. The van der Waals surface area contributed by atoms with Gasteiger partial charge in [-0.15, -0.1) is 0 Å². The van der Waals surface area contributed by atoms with E-state index in [4.69, 9.17) is 10.3 Å². The summed E-state index contributed by atoms with van der Waals surface area (Å²) >= 11 is 0. The third kappa shape index (κ3) is 1.53. The molecule has 1 aliphatic rings. The Bertz CT molecular complexity index is 485. The maximum Gasteiger partial charge on any atom is 0.147 e. The van der Waals surface area contributed by atoms with E-state index in [0.717, 1.165) is 17.7 Å². The van der Waals surface area contributed by atoms with Gasteiger partial charge < -0.3 is 10.3 Å². The molecule has 0 unspecified atom stereocenters. The lowest BCUT2D eigenvalue weighted by atomic mass is 10.1. The number of aromatic nitrogens is 1. The van der Waals surface area contributed by atoms with Gasteiger partial charge in [0.1, 0.15) is 11.3 Å². The van der Waals surface area contributed by atoms with Gasteiger partial charge in [-0.3, -0.25) is 0 Å².